The van der Waals surface area contributed by atoms with Crippen molar-refractivity contribution in [1.29, 1.82) is 0 Å². The molecule has 4 aromatic rings. The minimum atomic E-state index is -0.0966. The fourth-order valence-corrected chi connectivity index (χ4v) is 4.18. The zero-order valence-electron chi connectivity index (χ0n) is 14.8. The molecule has 5 rings (SSSR count). The van der Waals surface area contributed by atoms with E-state index < -0.39 is 0 Å². The summed E-state index contributed by atoms with van der Waals surface area (Å²) in [7, 11) is 0. The number of ether oxygens (including phenoxy) is 1. The molecule has 0 fully saturated rings. The molecule has 0 spiro atoms. The molecular weight excluding hydrogens is 402 g/mol. The molecule has 4 nitrogen and oxygen atoms in total. The van der Waals surface area contributed by atoms with Gasteiger partial charge in [0.15, 0.2) is 5.82 Å². The molecule has 0 bridgehead atoms. The van der Waals surface area contributed by atoms with Crippen LogP contribution in [0.2, 0.25) is 0 Å². The van der Waals surface area contributed by atoms with Gasteiger partial charge in [0.25, 0.3) is 0 Å². The molecular formula is C22H18BrN3O. The van der Waals surface area contributed by atoms with Gasteiger partial charge in [-0.3, -0.25) is 0 Å². The zero-order valence-corrected chi connectivity index (χ0v) is 16.4. The molecule has 2 unspecified atom stereocenters. The molecule has 1 N–H and O–H groups in total. The van der Waals surface area contributed by atoms with Crippen molar-refractivity contribution in [2.45, 2.75) is 25.6 Å². The smallest absolute Gasteiger partial charge is 0.159 e. The summed E-state index contributed by atoms with van der Waals surface area (Å²) in [6, 6.07) is 16.5. The average molecular weight is 420 g/mol. The number of nitrogens with one attached hydrogen (secondary N) is 1. The standard InChI is InChI=1S/C22H18BrN3O/c1-13-11-18-17-12-16(23)7-8-19(17)26-20(18)21(27-13)14-3-5-15(6-4-14)22-24-9-2-10-25-22/h2-10,12-13,21,26H,11H2,1H3. The number of benzene rings is 2. The van der Waals surface area contributed by atoms with Crippen LogP contribution >= 0.6 is 15.9 Å². The highest BCUT2D eigenvalue weighted by Gasteiger charge is 2.30. The molecule has 1 aliphatic heterocycles. The molecule has 27 heavy (non-hydrogen) atoms. The summed E-state index contributed by atoms with van der Waals surface area (Å²) in [5, 5.41) is 1.27. The van der Waals surface area contributed by atoms with E-state index in [0.29, 0.717) is 0 Å². The quantitative estimate of drug-likeness (QED) is 0.470. The van der Waals surface area contributed by atoms with Crippen LogP contribution in [0.15, 0.2) is 65.4 Å². The number of fused-ring (bicyclic) bond motifs is 3. The Balaban J connectivity index is 1.57. The molecule has 0 aliphatic carbocycles. The minimum Gasteiger partial charge on any atom is -0.364 e. The number of aromatic amines is 1. The van der Waals surface area contributed by atoms with Gasteiger partial charge in [0.05, 0.1) is 11.8 Å². The van der Waals surface area contributed by atoms with Crippen molar-refractivity contribution >= 4 is 26.8 Å². The topological polar surface area (TPSA) is 50.8 Å². The molecule has 5 heteroatoms. The first-order valence-electron chi connectivity index (χ1n) is 9.02. The summed E-state index contributed by atoms with van der Waals surface area (Å²) < 4.78 is 7.43. The van der Waals surface area contributed by atoms with Crippen LogP contribution in [0.4, 0.5) is 0 Å². The van der Waals surface area contributed by atoms with Crippen molar-refractivity contribution in [2.75, 3.05) is 0 Å². The zero-order chi connectivity index (χ0) is 18.4. The summed E-state index contributed by atoms with van der Waals surface area (Å²) in [5.74, 6) is 0.734. The Hall–Kier alpha value is -2.50. The average Bonchev–Trinajstić information content (AvgIpc) is 3.06. The third-order valence-electron chi connectivity index (χ3n) is 5.06. The van der Waals surface area contributed by atoms with Gasteiger partial charge >= 0.3 is 0 Å². The second kappa shape index (κ2) is 6.59. The Labute approximate surface area is 165 Å². The normalized spacial score (nSPS) is 19.2. The van der Waals surface area contributed by atoms with Crippen molar-refractivity contribution < 1.29 is 4.74 Å². The van der Waals surface area contributed by atoms with E-state index >= 15 is 0 Å². The number of H-pyrrole nitrogens is 1. The van der Waals surface area contributed by atoms with Gasteiger partial charge in [-0.1, -0.05) is 40.2 Å². The number of nitrogens with zero attached hydrogens (tertiary/aromatic N) is 2. The van der Waals surface area contributed by atoms with Gasteiger partial charge in [0.2, 0.25) is 0 Å². The van der Waals surface area contributed by atoms with E-state index in [1.165, 1.54) is 10.9 Å². The Morgan fingerprint density at radius 2 is 1.85 bits per heavy atom. The van der Waals surface area contributed by atoms with Gasteiger partial charge in [-0.05, 0) is 42.3 Å². The molecule has 2 aromatic carbocycles. The van der Waals surface area contributed by atoms with Crippen LogP contribution < -0.4 is 0 Å². The lowest BCUT2D eigenvalue weighted by atomic mass is 9.94. The van der Waals surface area contributed by atoms with Crippen molar-refractivity contribution in [3.63, 3.8) is 0 Å². The van der Waals surface area contributed by atoms with Gasteiger partial charge in [-0.2, -0.15) is 0 Å². The Morgan fingerprint density at radius 1 is 1.07 bits per heavy atom. The van der Waals surface area contributed by atoms with E-state index in [2.05, 4.69) is 80.3 Å². The highest BCUT2D eigenvalue weighted by molar-refractivity contribution is 9.10. The molecule has 0 saturated heterocycles. The highest BCUT2D eigenvalue weighted by atomic mass is 79.9. The summed E-state index contributed by atoms with van der Waals surface area (Å²) in [6.07, 6.45) is 4.50. The van der Waals surface area contributed by atoms with Crippen LogP contribution in [-0.4, -0.2) is 21.1 Å². The van der Waals surface area contributed by atoms with Crippen molar-refractivity contribution in [3.05, 3.63) is 82.2 Å². The predicted molar refractivity (Wildman–Crippen MR) is 110 cm³/mol. The van der Waals surface area contributed by atoms with Crippen LogP contribution in [0.25, 0.3) is 22.3 Å². The summed E-state index contributed by atoms with van der Waals surface area (Å²) in [5.41, 5.74) is 5.80. The molecule has 134 valence electrons. The van der Waals surface area contributed by atoms with E-state index in [-0.39, 0.29) is 12.2 Å². The van der Waals surface area contributed by atoms with Gasteiger partial charge in [-0.25, -0.2) is 9.97 Å². The lowest BCUT2D eigenvalue weighted by Gasteiger charge is -2.29. The number of aromatic nitrogens is 3. The summed E-state index contributed by atoms with van der Waals surface area (Å²) >= 11 is 3.59. The third-order valence-corrected chi connectivity index (χ3v) is 5.55. The largest absolute Gasteiger partial charge is 0.364 e. The molecule has 1 aliphatic rings. The summed E-state index contributed by atoms with van der Waals surface area (Å²) in [6.45, 7) is 2.14. The highest BCUT2D eigenvalue weighted by Crippen LogP contribution is 2.39. The Bertz CT molecular complexity index is 1110. The van der Waals surface area contributed by atoms with Crippen LogP contribution in [0.1, 0.15) is 29.8 Å². The van der Waals surface area contributed by atoms with Crippen LogP contribution in [0.5, 0.6) is 0 Å². The number of halogens is 1. The third kappa shape index (κ3) is 2.97. The van der Waals surface area contributed by atoms with Crippen LogP contribution in [0, 0.1) is 0 Å². The van der Waals surface area contributed by atoms with Gasteiger partial charge in [0.1, 0.15) is 6.10 Å². The fraction of sp³-hybridized carbons (Fsp3) is 0.182. The molecule has 2 atom stereocenters. The van der Waals surface area contributed by atoms with E-state index in [1.807, 2.05) is 6.07 Å². The van der Waals surface area contributed by atoms with Gasteiger partial charge < -0.3 is 9.72 Å². The SMILES string of the molecule is CC1Cc2c([nH]c3ccc(Br)cc23)C(c2ccc(-c3ncccn3)cc2)O1. The van der Waals surface area contributed by atoms with E-state index in [1.54, 1.807) is 12.4 Å². The molecule has 0 radical (unpaired) electrons. The second-order valence-electron chi connectivity index (χ2n) is 6.93. The molecule has 0 amide bonds. The Morgan fingerprint density at radius 3 is 2.63 bits per heavy atom. The Kier molecular flexibility index (Phi) is 4.06. The fourth-order valence-electron chi connectivity index (χ4n) is 3.82. The van der Waals surface area contributed by atoms with Gasteiger partial charge in [0, 0.05) is 39.8 Å². The predicted octanol–water partition coefficient (Wildman–Crippen LogP) is 5.44. The monoisotopic (exact) mass is 419 g/mol. The number of hydrogen-bond donors (Lipinski definition) is 1. The molecule has 0 saturated carbocycles. The lowest BCUT2D eigenvalue weighted by molar-refractivity contribution is 0.00568. The summed E-state index contributed by atoms with van der Waals surface area (Å²) in [4.78, 5) is 12.2. The van der Waals surface area contributed by atoms with E-state index in [9.17, 15) is 0 Å². The molecule has 2 aromatic heterocycles. The first-order chi connectivity index (χ1) is 13.2. The van der Waals surface area contributed by atoms with Crippen LogP contribution in [-0.2, 0) is 11.2 Å². The van der Waals surface area contributed by atoms with Crippen molar-refractivity contribution in [2.24, 2.45) is 0 Å². The van der Waals surface area contributed by atoms with Gasteiger partial charge in [-0.15, -0.1) is 0 Å². The maximum absolute atomic E-state index is 6.33. The second-order valence-corrected chi connectivity index (χ2v) is 7.85. The van der Waals surface area contributed by atoms with E-state index in [4.69, 9.17) is 4.74 Å². The minimum absolute atomic E-state index is 0.0966. The lowest BCUT2D eigenvalue weighted by Crippen LogP contribution is -2.24. The maximum atomic E-state index is 6.33. The molecule has 3 heterocycles. The van der Waals surface area contributed by atoms with Crippen molar-refractivity contribution in [1.82, 2.24) is 15.0 Å². The van der Waals surface area contributed by atoms with E-state index in [0.717, 1.165) is 39.1 Å². The van der Waals surface area contributed by atoms with Crippen LogP contribution in [0.3, 0.4) is 0 Å². The van der Waals surface area contributed by atoms with Crippen molar-refractivity contribution in [3.8, 4) is 11.4 Å². The first-order valence-corrected chi connectivity index (χ1v) is 9.81. The first kappa shape index (κ1) is 16.7. The maximum Gasteiger partial charge on any atom is 0.159 e. The number of hydrogen-bond acceptors (Lipinski definition) is 3. The number of rotatable bonds is 2.